The molecule has 0 aliphatic heterocycles. The number of benzene rings is 1. The lowest BCUT2D eigenvalue weighted by atomic mass is 9.99. The highest BCUT2D eigenvalue weighted by Gasteiger charge is 2.17. The Morgan fingerprint density at radius 1 is 1.42 bits per heavy atom. The zero-order valence-corrected chi connectivity index (χ0v) is 11.6. The van der Waals surface area contributed by atoms with Crippen molar-refractivity contribution < 1.29 is 9.90 Å². The van der Waals surface area contributed by atoms with Gasteiger partial charge in [-0.15, -0.1) is 0 Å². The largest absolute Gasteiger partial charge is 0.478 e. The number of halogens is 1. The Balaban J connectivity index is 2.61. The third kappa shape index (κ3) is 2.79. The second kappa shape index (κ2) is 5.45. The van der Waals surface area contributed by atoms with Crippen LogP contribution in [0.2, 0.25) is 5.02 Å². The molecule has 4 nitrogen and oxygen atoms in total. The summed E-state index contributed by atoms with van der Waals surface area (Å²) in [4.78, 5) is 11.3. The number of aromatic carboxylic acids is 1. The van der Waals surface area contributed by atoms with Crippen molar-refractivity contribution in [1.82, 2.24) is 9.78 Å². The van der Waals surface area contributed by atoms with Gasteiger partial charge in [0, 0.05) is 23.8 Å². The van der Waals surface area contributed by atoms with Crippen molar-refractivity contribution in [2.45, 2.75) is 19.8 Å². The van der Waals surface area contributed by atoms with Crippen LogP contribution in [0.3, 0.4) is 0 Å². The summed E-state index contributed by atoms with van der Waals surface area (Å²) in [6.07, 6.45) is 3.62. The molecule has 0 unspecified atom stereocenters. The number of nitrogens with zero attached hydrogens (tertiary/aromatic N) is 2. The molecule has 0 aliphatic carbocycles. The number of aryl methyl sites for hydroxylation is 2. The molecule has 2 aromatic rings. The van der Waals surface area contributed by atoms with Crippen molar-refractivity contribution in [3.8, 4) is 11.1 Å². The van der Waals surface area contributed by atoms with Crippen LogP contribution in [0.25, 0.3) is 11.1 Å². The Morgan fingerprint density at radius 2 is 2.16 bits per heavy atom. The first kappa shape index (κ1) is 13.6. The summed E-state index contributed by atoms with van der Waals surface area (Å²) in [5, 5.41) is 14.1. The summed E-state index contributed by atoms with van der Waals surface area (Å²) in [5.41, 5.74) is 2.64. The average Bonchev–Trinajstić information content (AvgIpc) is 2.70. The number of hydrogen-bond acceptors (Lipinski definition) is 2. The van der Waals surface area contributed by atoms with E-state index in [0.717, 1.165) is 24.1 Å². The monoisotopic (exact) mass is 278 g/mol. The van der Waals surface area contributed by atoms with E-state index in [9.17, 15) is 9.90 Å². The Labute approximate surface area is 116 Å². The van der Waals surface area contributed by atoms with E-state index in [4.69, 9.17) is 11.6 Å². The fourth-order valence-corrected chi connectivity index (χ4v) is 2.28. The van der Waals surface area contributed by atoms with Crippen molar-refractivity contribution in [2.24, 2.45) is 7.05 Å². The first-order chi connectivity index (χ1) is 9.02. The predicted octanol–water partition coefficient (Wildman–Crippen LogP) is 3.39. The van der Waals surface area contributed by atoms with Crippen LogP contribution in [0.5, 0.6) is 0 Å². The summed E-state index contributed by atoms with van der Waals surface area (Å²) < 4.78 is 1.71. The molecular formula is C14H15ClN2O2. The lowest BCUT2D eigenvalue weighted by Crippen LogP contribution is -2.00. The van der Waals surface area contributed by atoms with Crippen molar-refractivity contribution in [3.63, 3.8) is 0 Å². The minimum Gasteiger partial charge on any atom is -0.478 e. The minimum absolute atomic E-state index is 0.206. The smallest absolute Gasteiger partial charge is 0.336 e. The summed E-state index contributed by atoms with van der Waals surface area (Å²) in [7, 11) is 1.83. The van der Waals surface area contributed by atoms with Gasteiger partial charge in [-0.2, -0.15) is 5.10 Å². The van der Waals surface area contributed by atoms with E-state index >= 15 is 0 Å². The highest BCUT2D eigenvalue weighted by molar-refractivity contribution is 6.31. The summed E-state index contributed by atoms with van der Waals surface area (Å²) in [6, 6.07) is 4.91. The molecule has 1 aromatic heterocycles. The van der Waals surface area contributed by atoms with Gasteiger partial charge < -0.3 is 5.11 Å². The van der Waals surface area contributed by atoms with Gasteiger partial charge in [0.25, 0.3) is 0 Å². The molecule has 0 saturated heterocycles. The first-order valence-electron chi connectivity index (χ1n) is 6.08. The van der Waals surface area contributed by atoms with Crippen LogP contribution in [0.15, 0.2) is 24.4 Å². The van der Waals surface area contributed by atoms with Crippen LogP contribution in [0.1, 0.15) is 29.4 Å². The standard InChI is InChI=1S/C14H15ClN2O2/c1-3-4-13-12(8-17(2)16-13)10-6-5-9(15)7-11(10)14(18)19/h5-8H,3-4H2,1-2H3,(H,18,19). The molecule has 1 aromatic carbocycles. The van der Waals surface area contributed by atoms with Gasteiger partial charge in [-0.3, -0.25) is 4.68 Å². The fraction of sp³-hybridized carbons (Fsp3) is 0.286. The third-order valence-electron chi connectivity index (χ3n) is 2.89. The molecule has 1 heterocycles. The molecule has 0 atom stereocenters. The first-order valence-corrected chi connectivity index (χ1v) is 6.46. The highest BCUT2D eigenvalue weighted by atomic mass is 35.5. The summed E-state index contributed by atoms with van der Waals surface area (Å²) in [6.45, 7) is 2.07. The minimum atomic E-state index is -0.983. The Morgan fingerprint density at radius 3 is 2.79 bits per heavy atom. The van der Waals surface area contributed by atoms with Gasteiger partial charge in [0.1, 0.15) is 0 Å². The van der Waals surface area contributed by atoms with Crippen LogP contribution in [0.4, 0.5) is 0 Å². The molecule has 0 amide bonds. The maximum Gasteiger partial charge on any atom is 0.336 e. The Hall–Kier alpha value is -1.81. The molecule has 1 N–H and O–H groups in total. The maximum atomic E-state index is 11.3. The fourth-order valence-electron chi connectivity index (χ4n) is 2.11. The zero-order chi connectivity index (χ0) is 14.0. The molecule has 5 heteroatoms. The molecule has 100 valence electrons. The molecule has 19 heavy (non-hydrogen) atoms. The van der Waals surface area contributed by atoms with Crippen LogP contribution < -0.4 is 0 Å². The van der Waals surface area contributed by atoms with E-state index in [1.807, 2.05) is 13.2 Å². The lowest BCUT2D eigenvalue weighted by molar-refractivity contribution is 0.0697. The Kier molecular flexibility index (Phi) is 3.90. The lowest BCUT2D eigenvalue weighted by Gasteiger charge is -2.06. The third-order valence-corrected chi connectivity index (χ3v) is 3.13. The molecule has 2 rings (SSSR count). The quantitative estimate of drug-likeness (QED) is 0.933. The van der Waals surface area contributed by atoms with Gasteiger partial charge >= 0.3 is 5.97 Å². The number of carboxylic acids is 1. The van der Waals surface area contributed by atoms with Gasteiger partial charge in [-0.05, 0) is 24.1 Å². The van der Waals surface area contributed by atoms with Crippen molar-refractivity contribution >= 4 is 17.6 Å². The van der Waals surface area contributed by atoms with E-state index in [0.29, 0.717) is 10.6 Å². The molecule has 0 fully saturated rings. The van der Waals surface area contributed by atoms with Gasteiger partial charge in [-0.1, -0.05) is 31.0 Å². The van der Waals surface area contributed by atoms with Crippen molar-refractivity contribution in [1.29, 1.82) is 0 Å². The van der Waals surface area contributed by atoms with Gasteiger partial charge in [0.2, 0.25) is 0 Å². The zero-order valence-electron chi connectivity index (χ0n) is 10.9. The SMILES string of the molecule is CCCc1nn(C)cc1-c1ccc(Cl)cc1C(=O)O. The van der Waals surface area contributed by atoms with Crippen LogP contribution >= 0.6 is 11.6 Å². The average molecular weight is 279 g/mol. The molecule has 0 aliphatic rings. The molecule has 0 radical (unpaired) electrons. The Bertz CT molecular complexity index is 620. The molecule has 0 spiro atoms. The predicted molar refractivity (Wildman–Crippen MR) is 74.6 cm³/mol. The van der Waals surface area contributed by atoms with Crippen molar-refractivity contribution in [3.05, 3.63) is 40.7 Å². The van der Waals surface area contributed by atoms with Crippen LogP contribution in [-0.4, -0.2) is 20.9 Å². The molecular weight excluding hydrogens is 264 g/mol. The van der Waals surface area contributed by atoms with Gasteiger partial charge in [0.15, 0.2) is 0 Å². The maximum absolute atomic E-state index is 11.3. The van der Waals surface area contributed by atoms with Gasteiger partial charge in [0.05, 0.1) is 11.3 Å². The second-order valence-corrected chi connectivity index (χ2v) is 4.84. The topological polar surface area (TPSA) is 55.1 Å². The van der Waals surface area contributed by atoms with E-state index in [-0.39, 0.29) is 5.56 Å². The highest BCUT2D eigenvalue weighted by Crippen LogP contribution is 2.29. The molecule has 0 saturated carbocycles. The second-order valence-electron chi connectivity index (χ2n) is 4.41. The number of carboxylic acid groups (broad SMARTS) is 1. The summed E-state index contributed by atoms with van der Waals surface area (Å²) in [5.74, 6) is -0.983. The van der Waals surface area contributed by atoms with Gasteiger partial charge in [-0.25, -0.2) is 4.79 Å². The summed E-state index contributed by atoms with van der Waals surface area (Å²) >= 11 is 5.87. The van der Waals surface area contributed by atoms with Crippen LogP contribution in [-0.2, 0) is 13.5 Å². The van der Waals surface area contributed by atoms with Crippen molar-refractivity contribution in [2.75, 3.05) is 0 Å². The number of rotatable bonds is 4. The number of aromatic nitrogens is 2. The number of hydrogen-bond donors (Lipinski definition) is 1. The molecule has 0 bridgehead atoms. The van der Waals surface area contributed by atoms with E-state index in [1.165, 1.54) is 6.07 Å². The van der Waals surface area contributed by atoms with E-state index < -0.39 is 5.97 Å². The number of carbonyl (C=O) groups is 1. The normalized spacial score (nSPS) is 10.7. The van der Waals surface area contributed by atoms with E-state index in [1.54, 1.807) is 16.8 Å². The van der Waals surface area contributed by atoms with Crippen LogP contribution in [0, 0.1) is 0 Å². The van der Waals surface area contributed by atoms with E-state index in [2.05, 4.69) is 12.0 Å².